The number of aryl methyl sites for hydroxylation is 2. The number of benzene rings is 2. The highest BCUT2D eigenvalue weighted by Gasteiger charge is 2.27. The van der Waals surface area contributed by atoms with E-state index >= 15 is 0 Å². The van der Waals surface area contributed by atoms with E-state index in [1.165, 1.54) is 0 Å². The first kappa shape index (κ1) is 21.9. The van der Waals surface area contributed by atoms with Crippen LogP contribution in [-0.4, -0.2) is 0 Å². The molecule has 0 amide bonds. The highest BCUT2D eigenvalue weighted by atomic mass is 19.2. The Bertz CT molecular complexity index is 804. The van der Waals surface area contributed by atoms with Crippen LogP contribution in [0.4, 0.5) is 13.2 Å². The van der Waals surface area contributed by atoms with Gasteiger partial charge in [-0.25, -0.2) is 13.2 Å². The predicted molar refractivity (Wildman–Crippen MR) is 114 cm³/mol. The second kappa shape index (κ2) is 10.3. The Morgan fingerprint density at radius 2 is 1.41 bits per heavy atom. The molecule has 1 aliphatic rings. The van der Waals surface area contributed by atoms with Crippen molar-refractivity contribution in [3.05, 3.63) is 70.0 Å². The first-order chi connectivity index (χ1) is 14.0. The van der Waals surface area contributed by atoms with Crippen molar-refractivity contribution in [1.29, 1.82) is 0 Å². The fourth-order valence-corrected chi connectivity index (χ4v) is 4.71. The zero-order chi connectivity index (χ0) is 20.8. The third-order valence-corrected chi connectivity index (χ3v) is 6.48. The summed E-state index contributed by atoms with van der Waals surface area (Å²) < 4.78 is 43.5. The summed E-state index contributed by atoms with van der Waals surface area (Å²) in [5.41, 5.74) is 2.83. The normalized spacial score (nSPS) is 19.5. The molecule has 29 heavy (non-hydrogen) atoms. The van der Waals surface area contributed by atoms with Crippen molar-refractivity contribution >= 4 is 0 Å². The van der Waals surface area contributed by atoms with Gasteiger partial charge in [0.05, 0.1) is 0 Å². The van der Waals surface area contributed by atoms with Gasteiger partial charge in [0.1, 0.15) is 5.82 Å². The average molecular weight is 403 g/mol. The lowest BCUT2D eigenvalue weighted by Gasteiger charge is -2.29. The number of hydrogen-bond donors (Lipinski definition) is 0. The molecule has 2 aromatic rings. The second-order valence-electron chi connectivity index (χ2n) is 8.55. The molecule has 0 bridgehead atoms. The molecular weight excluding hydrogens is 369 g/mol. The number of unbranched alkanes of at least 4 members (excludes halogenated alkanes) is 2. The van der Waals surface area contributed by atoms with Crippen molar-refractivity contribution in [2.24, 2.45) is 0 Å². The van der Waals surface area contributed by atoms with E-state index < -0.39 is 11.6 Å². The molecule has 1 fully saturated rings. The average Bonchev–Trinajstić information content (AvgIpc) is 2.73. The largest absolute Gasteiger partial charge is 0.207 e. The molecule has 3 rings (SSSR count). The van der Waals surface area contributed by atoms with Gasteiger partial charge < -0.3 is 0 Å². The topological polar surface area (TPSA) is 0 Å². The van der Waals surface area contributed by atoms with Crippen LogP contribution in [0.1, 0.15) is 99.3 Å². The van der Waals surface area contributed by atoms with Crippen LogP contribution < -0.4 is 0 Å². The fraction of sp³-hybridized carbons (Fsp3) is 0.538. The van der Waals surface area contributed by atoms with Crippen molar-refractivity contribution in [1.82, 2.24) is 0 Å². The molecule has 1 aliphatic carbocycles. The Morgan fingerprint density at radius 1 is 0.724 bits per heavy atom. The predicted octanol–water partition coefficient (Wildman–Crippen LogP) is 8.23. The molecule has 2 aromatic carbocycles. The smallest absolute Gasteiger partial charge is 0.162 e. The standard InChI is InChI=1S/C26H33F3/c1-3-5-6-8-21-15-16-23(26(29)25(21)28)19-11-9-18(10-12-19)22-14-13-20(7-4-2)24(27)17-22/h13-19H,3-12H2,1-2H3. The van der Waals surface area contributed by atoms with Crippen LogP contribution in [0.25, 0.3) is 0 Å². The van der Waals surface area contributed by atoms with Crippen LogP contribution in [-0.2, 0) is 12.8 Å². The molecule has 3 heteroatoms. The number of rotatable bonds is 8. The quantitative estimate of drug-likeness (QED) is 0.390. The zero-order valence-electron chi connectivity index (χ0n) is 17.7. The zero-order valence-corrected chi connectivity index (χ0v) is 17.7. The molecule has 0 heterocycles. The van der Waals surface area contributed by atoms with E-state index in [9.17, 15) is 13.2 Å². The van der Waals surface area contributed by atoms with Gasteiger partial charge in [-0.15, -0.1) is 0 Å². The van der Waals surface area contributed by atoms with Crippen molar-refractivity contribution in [3.8, 4) is 0 Å². The summed E-state index contributed by atoms with van der Waals surface area (Å²) in [5.74, 6) is -1.07. The molecule has 0 radical (unpaired) electrons. The Balaban J connectivity index is 1.64. The molecular formula is C26H33F3. The Labute approximate surface area is 173 Å². The van der Waals surface area contributed by atoms with Crippen molar-refractivity contribution in [2.45, 2.75) is 89.9 Å². The van der Waals surface area contributed by atoms with E-state index in [1.807, 2.05) is 19.1 Å². The van der Waals surface area contributed by atoms with Gasteiger partial charge in [-0.05, 0) is 85.1 Å². The summed E-state index contributed by atoms with van der Waals surface area (Å²) in [4.78, 5) is 0. The summed E-state index contributed by atoms with van der Waals surface area (Å²) >= 11 is 0. The van der Waals surface area contributed by atoms with E-state index in [4.69, 9.17) is 0 Å². The second-order valence-corrected chi connectivity index (χ2v) is 8.55. The molecule has 0 atom stereocenters. The molecule has 0 aliphatic heterocycles. The molecule has 0 unspecified atom stereocenters. The van der Waals surface area contributed by atoms with Crippen LogP contribution in [0.3, 0.4) is 0 Å². The minimum Gasteiger partial charge on any atom is -0.207 e. The third kappa shape index (κ3) is 5.24. The van der Waals surface area contributed by atoms with Gasteiger partial charge in [-0.2, -0.15) is 0 Å². The van der Waals surface area contributed by atoms with Gasteiger partial charge in [-0.1, -0.05) is 57.4 Å². The Hall–Kier alpha value is -1.77. The van der Waals surface area contributed by atoms with Crippen molar-refractivity contribution in [3.63, 3.8) is 0 Å². The van der Waals surface area contributed by atoms with Gasteiger partial charge in [0.2, 0.25) is 0 Å². The molecule has 0 nitrogen and oxygen atoms in total. The maximum absolute atomic E-state index is 14.7. The molecule has 1 saturated carbocycles. The summed E-state index contributed by atoms with van der Waals surface area (Å²) in [7, 11) is 0. The first-order valence-electron chi connectivity index (χ1n) is 11.3. The Kier molecular flexibility index (Phi) is 7.80. The molecule has 0 N–H and O–H groups in total. The van der Waals surface area contributed by atoms with Gasteiger partial charge in [-0.3, -0.25) is 0 Å². The summed E-state index contributed by atoms with van der Waals surface area (Å²) in [6.07, 6.45) is 8.69. The minimum atomic E-state index is -0.658. The third-order valence-electron chi connectivity index (χ3n) is 6.48. The summed E-state index contributed by atoms with van der Waals surface area (Å²) in [6, 6.07) is 9.21. The molecule has 158 valence electrons. The summed E-state index contributed by atoms with van der Waals surface area (Å²) in [5, 5.41) is 0. The number of hydrogen-bond acceptors (Lipinski definition) is 0. The Morgan fingerprint density at radius 3 is 2.07 bits per heavy atom. The van der Waals surface area contributed by atoms with E-state index in [0.717, 1.165) is 68.9 Å². The monoisotopic (exact) mass is 402 g/mol. The maximum atomic E-state index is 14.7. The van der Waals surface area contributed by atoms with Crippen molar-refractivity contribution < 1.29 is 13.2 Å². The fourth-order valence-electron chi connectivity index (χ4n) is 4.71. The molecule has 0 saturated heterocycles. The van der Waals surface area contributed by atoms with E-state index in [1.54, 1.807) is 18.2 Å². The first-order valence-corrected chi connectivity index (χ1v) is 11.3. The van der Waals surface area contributed by atoms with Crippen LogP contribution in [0.15, 0.2) is 30.3 Å². The maximum Gasteiger partial charge on any atom is 0.162 e. The highest BCUT2D eigenvalue weighted by Crippen LogP contribution is 2.42. The SMILES string of the molecule is CCCCCc1ccc(C2CCC(c3ccc(CCC)c(F)c3)CC2)c(F)c1F. The van der Waals surface area contributed by atoms with Gasteiger partial charge in [0, 0.05) is 0 Å². The van der Waals surface area contributed by atoms with Crippen LogP contribution >= 0.6 is 0 Å². The lowest BCUT2D eigenvalue weighted by Crippen LogP contribution is -2.14. The summed E-state index contributed by atoms with van der Waals surface area (Å²) in [6.45, 7) is 4.15. The minimum absolute atomic E-state index is 0.0506. The number of halogens is 3. The lowest BCUT2D eigenvalue weighted by atomic mass is 9.75. The van der Waals surface area contributed by atoms with Crippen LogP contribution in [0, 0.1) is 17.5 Å². The van der Waals surface area contributed by atoms with Crippen LogP contribution in [0.2, 0.25) is 0 Å². The van der Waals surface area contributed by atoms with E-state index in [2.05, 4.69) is 6.92 Å². The van der Waals surface area contributed by atoms with Crippen molar-refractivity contribution in [2.75, 3.05) is 0 Å². The van der Waals surface area contributed by atoms with Gasteiger partial charge >= 0.3 is 0 Å². The van der Waals surface area contributed by atoms with Gasteiger partial charge in [0.15, 0.2) is 11.6 Å². The highest BCUT2D eigenvalue weighted by molar-refractivity contribution is 5.31. The van der Waals surface area contributed by atoms with Crippen LogP contribution in [0.5, 0.6) is 0 Å². The lowest BCUT2D eigenvalue weighted by molar-refractivity contribution is 0.379. The van der Waals surface area contributed by atoms with Gasteiger partial charge in [0.25, 0.3) is 0 Å². The van der Waals surface area contributed by atoms with E-state index in [0.29, 0.717) is 23.5 Å². The van der Waals surface area contributed by atoms with E-state index in [-0.39, 0.29) is 11.7 Å². The molecule has 0 aromatic heterocycles. The molecule has 0 spiro atoms.